The topological polar surface area (TPSA) is 53.6 Å². The second-order valence-electron chi connectivity index (χ2n) is 7.01. The zero-order chi connectivity index (χ0) is 15.9. The Morgan fingerprint density at radius 3 is 2.65 bits per heavy atom. The molecular weight excluding hydrogens is 284 g/mol. The van der Waals surface area contributed by atoms with Crippen LogP contribution >= 0.6 is 0 Å². The third kappa shape index (κ3) is 4.96. The normalized spacial score (nSPS) is 24.0. The van der Waals surface area contributed by atoms with Gasteiger partial charge in [-0.15, -0.1) is 0 Å². The number of hydrogen-bond acceptors (Lipinski definition) is 2. The van der Waals surface area contributed by atoms with Gasteiger partial charge in [-0.25, -0.2) is 0 Å². The number of nitrogens with one attached hydrogen (secondary N) is 1. The summed E-state index contributed by atoms with van der Waals surface area (Å²) >= 11 is 0. The number of guanidine groups is 1. The summed E-state index contributed by atoms with van der Waals surface area (Å²) in [5, 5.41) is 3.17. The van der Waals surface area contributed by atoms with Gasteiger partial charge in [-0.2, -0.15) is 0 Å². The molecule has 3 rings (SSSR count). The number of hydrogen-bond donors (Lipinski definition) is 2. The van der Waals surface area contributed by atoms with Crippen molar-refractivity contribution in [1.82, 2.24) is 4.90 Å². The molecule has 23 heavy (non-hydrogen) atoms. The first kappa shape index (κ1) is 16.3. The lowest BCUT2D eigenvalue weighted by molar-refractivity contribution is 0.191. The second-order valence-corrected chi connectivity index (χ2v) is 7.01. The Balaban J connectivity index is 1.48. The highest BCUT2D eigenvalue weighted by molar-refractivity contribution is 5.92. The lowest BCUT2D eigenvalue weighted by Gasteiger charge is -2.30. The number of anilines is 1. The van der Waals surface area contributed by atoms with Crippen LogP contribution in [-0.2, 0) is 0 Å². The molecule has 0 spiro atoms. The number of nitrogens with two attached hydrogens (primary N) is 1. The Labute approximate surface area is 140 Å². The van der Waals surface area contributed by atoms with Crippen molar-refractivity contribution in [2.45, 2.75) is 51.0 Å². The number of rotatable bonds is 5. The molecule has 2 aliphatic rings. The summed E-state index contributed by atoms with van der Waals surface area (Å²) in [6, 6.07) is 10.6. The first-order chi connectivity index (χ1) is 11.3. The van der Waals surface area contributed by atoms with E-state index in [9.17, 15) is 0 Å². The summed E-state index contributed by atoms with van der Waals surface area (Å²) in [6.45, 7) is 3.33. The van der Waals surface area contributed by atoms with Crippen LogP contribution in [0.5, 0.6) is 0 Å². The second kappa shape index (κ2) is 8.34. The Morgan fingerprint density at radius 2 is 1.87 bits per heavy atom. The SMILES string of the molecule is NC(=NCC1CCCN1CC1CCCCC1)Nc1ccccc1. The van der Waals surface area contributed by atoms with Gasteiger partial charge < -0.3 is 11.1 Å². The Bertz CT molecular complexity index is 493. The van der Waals surface area contributed by atoms with E-state index in [4.69, 9.17) is 5.73 Å². The summed E-state index contributed by atoms with van der Waals surface area (Å²) in [5.41, 5.74) is 7.03. The van der Waals surface area contributed by atoms with E-state index in [1.807, 2.05) is 30.3 Å². The van der Waals surface area contributed by atoms with E-state index in [0.29, 0.717) is 12.0 Å². The van der Waals surface area contributed by atoms with Crippen LogP contribution in [0.15, 0.2) is 35.3 Å². The monoisotopic (exact) mass is 314 g/mol. The molecule has 1 aromatic carbocycles. The van der Waals surface area contributed by atoms with Gasteiger partial charge in [-0.1, -0.05) is 37.5 Å². The molecule has 1 saturated heterocycles. The van der Waals surface area contributed by atoms with Crippen molar-refractivity contribution < 1.29 is 0 Å². The fraction of sp³-hybridized carbons (Fsp3) is 0.632. The van der Waals surface area contributed by atoms with Crippen molar-refractivity contribution in [3.8, 4) is 0 Å². The molecule has 0 amide bonds. The lowest BCUT2D eigenvalue weighted by atomic mass is 9.89. The van der Waals surface area contributed by atoms with E-state index in [1.54, 1.807) is 0 Å². The fourth-order valence-corrected chi connectivity index (χ4v) is 3.96. The summed E-state index contributed by atoms with van der Waals surface area (Å²) < 4.78 is 0. The maximum atomic E-state index is 6.03. The molecule has 2 fully saturated rings. The highest BCUT2D eigenvalue weighted by Gasteiger charge is 2.27. The first-order valence-electron chi connectivity index (χ1n) is 9.17. The molecule has 4 heteroatoms. The van der Waals surface area contributed by atoms with Crippen molar-refractivity contribution >= 4 is 11.6 Å². The van der Waals surface area contributed by atoms with Crippen LogP contribution in [0.1, 0.15) is 44.9 Å². The van der Waals surface area contributed by atoms with E-state index in [1.165, 1.54) is 58.0 Å². The van der Waals surface area contributed by atoms with E-state index < -0.39 is 0 Å². The van der Waals surface area contributed by atoms with E-state index >= 15 is 0 Å². The Hall–Kier alpha value is -1.55. The van der Waals surface area contributed by atoms with Gasteiger partial charge in [0, 0.05) is 18.3 Å². The summed E-state index contributed by atoms with van der Waals surface area (Å²) in [5.74, 6) is 1.44. The van der Waals surface area contributed by atoms with Gasteiger partial charge in [0.2, 0.25) is 0 Å². The van der Waals surface area contributed by atoms with Crippen molar-refractivity contribution in [3.05, 3.63) is 30.3 Å². The molecule has 1 heterocycles. The van der Waals surface area contributed by atoms with Crippen LogP contribution in [0.3, 0.4) is 0 Å². The molecule has 126 valence electrons. The third-order valence-electron chi connectivity index (χ3n) is 5.24. The Morgan fingerprint density at radius 1 is 1.09 bits per heavy atom. The minimum absolute atomic E-state index is 0.528. The van der Waals surface area contributed by atoms with Crippen LogP contribution in [0.2, 0.25) is 0 Å². The minimum atomic E-state index is 0.528. The van der Waals surface area contributed by atoms with Crippen LogP contribution in [0, 0.1) is 5.92 Å². The number of para-hydroxylation sites is 1. The van der Waals surface area contributed by atoms with Gasteiger partial charge in [0.15, 0.2) is 5.96 Å². The van der Waals surface area contributed by atoms with Gasteiger partial charge in [0.1, 0.15) is 0 Å². The predicted octanol–water partition coefficient (Wildman–Crippen LogP) is 3.46. The minimum Gasteiger partial charge on any atom is -0.370 e. The largest absolute Gasteiger partial charge is 0.370 e. The van der Waals surface area contributed by atoms with Crippen LogP contribution in [0.4, 0.5) is 5.69 Å². The van der Waals surface area contributed by atoms with Gasteiger partial charge in [0.05, 0.1) is 6.54 Å². The molecule has 1 atom stereocenters. The van der Waals surface area contributed by atoms with Gasteiger partial charge >= 0.3 is 0 Å². The number of benzene rings is 1. The molecule has 3 N–H and O–H groups in total. The zero-order valence-electron chi connectivity index (χ0n) is 14.1. The maximum absolute atomic E-state index is 6.03. The summed E-state index contributed by atoms with van der Waals surface area (Å²) in [4.78, 5) is 7.25. The van der Waals surface area contributed by atoms with Crippen molar-refractivity contribution in [2.75, 3.05) is 25.0 Å². The van der Waals surface area contributed by atoms with Crippen molar-refractivity contribution in [3.63, 3.8) is 0 Å². The molecule has 1 aliphatic carbocycles. The average Bonchev–Trinajstić information content (AvgIpc) is 3.02. The van der Waals surface area contributed by atoms with Gasteiger partial charge in [0.25, 0.3) is 0 Å². The van der Waals surface area contributed by atoms with Crippen molar-refractivity contribution in [1.29, 1.82) is 0 Å². The van der Waals surface area contributed by atoms with Crippen LogP contribution in [0.25, 0.3) is 0 Å². The predicted molar refractivity (Wildman–Crippen MR) is 97.7 cm³/mol. The van der Waals surface area contributed by atoms with E-state index in [-0.39, 0.29) is 0 Å². The standard InChI is InChI=1S/C19H30N4/c20-19(22-17-10-5-2-6-11-17)21-14-18-12-7-13-23(18)15-16-8-3-1-4-9-16/h2,5-6,10-11,16,18H,1,3-4,7-9,12-15H2,(H3,20,21,22). The fourth-order valence-electron chi connectivity index (χ4n) is 3.96. The summed E-state index contributed by atoms with van der Waals surface area (Å²) in [7, 11) is 0. The van der Waals surface area contributed by atoms with Crippen LogP contribution in [-0.4, -0.2) is 36.5 Å². The van der Waals surface area contributed by atoms with Gasteiger partial charge in [-0.05, 0) is 50.3 Å². The molecule has 4 nitrogen and oxygen atoms in total. The molecule has 0 radical (unpaired) electrons. The molecular formula is C19H30N4. The first-order valence-corrected chi connectivity index (χ1v) is 9.17. The lowest BCUT2D eigenvalue weighted by Crippen LogP contribution is -2.37. The highest BCUT2D eigenvalue weighted by Crippen LogP contribution is 2.27. The highest BCUT2D eigenvalue weighted by atomic mass is 15.2. The van der Waals surface area contributed by atoms with E-state index in [0.717, 1.165) is 18.2 Å². The quantitative estimate of drug-likeness (QED) is 0.646. The number of likely N-dealkylation sites (tertiary alicyclic amines) is 1. The van der Waals surface area contributed by atoms with Crippen molar-refractivity contribution in [2.24, 2.45) is 16.6 Å². The molecule has 1 aromatic rings. The third-order valence-corrected chi connectivity index (χ3v) is 5.24. The Kier molecular flexibility index (Phi) is 5.92. The number of aliphatic imine (C=N–C) groups is 1. The van der Waals surface area contributed by atoms with E-state index in [2.05, 4.69) is 15.2 Å². The van der Waals surface area contributed by atoms with Crippen LogP contribution < -0.4 is 11.1 Å². The smallest absolute Gasteiger partial charge is 0.193 e. The van der Waals surface area contributed by atoms with Gasteiger partial charge in [-0.3, -0.25) is 9.89 Å². The molecule has 1 saturated carbocycles. The zero-order valence-corrected chi connectivity index (χ0v) is 14.1. The average molecular weight is 314 g/mol. The molecule has 1 unspecified atom stereocenters. The summed E-state index contributed by atoms with van der Waals surface area (Å²) in [6.07, 6.45) is 9.69. The number of nitrogens with zero attached hydrogens (tertiary/aromatic N) is 2. The molecule has 1 aliphatic heterocycles. The molecule has 0 bridgehead atoms. The maximum Gasteiger partial charge on any atom is 0.193 e. The molecule has 0 aromatic heterocycles.